The summed E-state index contributed by atoms with van der Waals surface area (Å²) in [7, 11) is 4.25. The number of nitrogens with zero attached hydrogens (tertiary/aromatic N) is 1. The number of hydrogen-bond acceptors (Lipinski definition) is 3. The SMILES string of the molecule is CCCCCC=CCC=CCCCCCCCCC(CCCCCCCCC=CCC=CCCCCC)SC(O)CCCN(C)C. The Morgan fingerprint density at radius 2 is 0.826 bits per heavy atom. The Morgan fingerprint density at radius 1 is 0.457 bits per heavy atom. The standard InChI is InChI=1S/C43H81NOS/c1-5-7-9-11-13-15-17-19-21-23-25-27-29-31-33-35-38-42(46-43(45)40-37-41-44(3)4)39-36-34-32-30-28-26-24-22-20-18-16-14-12-10-8-6-2/h13-16,19-22,42-43,45H,5-12,17-18,23-41H2,1-4H3. The Hall–Kier alpha value is -0.770. The predicted molar refractivity (Wildman–Crippen MR) is 213 cm³/mol. The first kappa shape index (κ1) is 45.2. The summed E-state index contributed by atoms with van der Waals surface area (Å²) < 4.78 is 0. The zero-order valence-corrected chi connectivity index (χ0v) is 32.4. The molecule has 2 nitrogen and oxygen atoms in total. The fourth-order valence-corrected chi connectivity index (χ4v) is 7.23. The van der Waals surface area contributed by atoms with Crippen molar-refractivity contribution in [1.29, 1.82) is 0 Å². The summed E-state index contributed by atoms with van der Waals surface area (Å²) >= 11 is 1.88. The van der Waals surface area contributed by atoms with Crippen molar-refractivity contribution in [2.45, 2.75) is 204 Å². The lowest BCUT2D eigenvalue weighted by Crippen LogP contribution is -2.16. The van der Waals surface area contributed by atoms with Gasteiger partial charge in [0.1, 0.15) is 0 Å². The van der Waals surface area contributed by atoms with Crippen LogP contribution in [0.15, 0.2) is 48.6 Å². The van der Waals surface area contributed by atoms with Gasteiger partial charge in [-0.2, -0.15) is 0 Å². The molecule has 3 heteroatoms. The second-order valence-electron chi connectivity index (χ2n) is 13.9. The second kappa shape index (κ2) is 38.7. The van der Waals surface area contributed by atoms with Gasteiger partial charge in [-0.05, 0) is 111 Å². The third kappa shape index (κ3) is 37.7. The molecule has 0 aromatic carbocycles. The van der Waals surface area contributed by atoms with E-state index in [-0.39, 0.29) is 5.44 Å². The highest BCUT2D eigenvalue weighted by molar-refractivity contribution is 8.00. The lowest BCUT2D eigenvalue weighted by atomic mass is 10.0. The molecule has 0 rings (SSSR count). The largest absolute Gasteiger partial charge is 0.382 e. The van der Waals surface area contributed by atoms with Crippen LogP contribution in [0.1, 0.15) is 194 Å². The summed E-state index contributed by atoms with van der Waals surface area (Å²) in [6, 6.07) is 0. The number of hydrogen-bond donors (Lipinski definition) is 1. The Morgan fingerprint density at radius 3 is 1.22 bits per heavy atom. The van der Waals surface area contributed by atoms with E-state index in [4.69, 9.17) is 0 Å². The molecule has 1 atom stereocenters. The minimum absolute atomic E-state index is 0.195. The molecule has 0 aliphatic carbocycles. The summed E-state index contributed by atoms with van der Waals surface area (Å²) in [4.78, 5) is 2.23. The molecule has 46 heavy (non-hydrogen) atoms. The molecule has 0 aliphatic rings. The van der Waals surface area contributed by atoms with Crippen LogP contribution in [0.2, 0.25) is 0 Å². The van der Waals surface area contributed by atoms with E-state index in [1.54, 1.807) is 0 Å². The summed E-state index contributed by atoms with van der Waals surface area (Å²) in [6.45, 7) is 5.61. The van der Waals surface area contributed by atoms with Crippen LogP contribution < -0.4 is 0 Å². The van der Waals surface area contributed by atoms with Crippen molar-refractivity contribution in [1.82, 2.24) is 4.90 Å². The maximum atomic E-state index is 10.7. The predicted octanol–water partition coefficient (Wildman–Crippen LogP) is 14.2. The molecular weight excluding hydrogens is 579 g/mol. The summed E-state index contributed by atoms with van der Waals surface area (Å²) in [5.41, 5.74) is -0.195. The molecule has 0 radical (unpaired) electrons. The molecule has 1 N–H and O–H groups in total. The molecule has 0 fully saturated rings. The third-order valence-corrected chi connectivity index (χ3v) is 10.3. The maximum Gasteiger partial charge on any atom is 0.0995 e. The highest BCUT2D eigenvalue weighted by Crippen LogP contribution is 2.29. The second-order valence-corrected chi connectivity index (χ2v) is 15.4. The number of aliphatic hydroxyl groups is 1. The van der Waals surface area contributed by atoms with E-state index in [9.17, 15) is 5.11 Å². The van der Waals surface area contributed by atoms with E-state index >= 15 is 0 Å². The van der Waals surface area contributed by atoms with E-state index in [0.29, 0.717) is 5.25 Å². The van der Waals surface area contributed by atoms with Gasteiger partial charge in [0, 0.05) is 5.25 Å². The van der Waals surface area contributed by atoms with Gasteiger partial charge in [-0.15, -0.1) is 11.8 Å². The smallest absolute Gasteiger partial charge is 0.0995 e. The van der Waals surface area contributed by atoms with Crippen molar-refractivity contribution in [3.63, 3.8) is 0 Å². The van der Waals surface area contributed by atoms with E-state index in [0.717, 1.165) is 32.2 Å². The van der Waals surface area contributed by atoms with Gasteiger partial charge in [0.2, 0.25) is 0 Å². The van der Waals surface area contributed by atoms with E-state index in [1.807, 2.05) is 11.8 Å². The van der Waals surface area contributed by atoms with Gasteiger partial charge < -0.3 is 10.0 Å². The van der Waals surface area contributed by atoms with Crippen LogP contribution in [0.4, 0.5) is 0 Å². The lowest BCUT2D eigenvalue weighted by molar-refractivity contribution is 0.240. The van der Waals surface area contributed by atoms with Crippen LogP contribution >= 0.6 is 11.8 Å². The van der Waals surface area contributed by atoms with Gasteiger partial charge in [-0.1, -0.05) is 152 Å². The van der Waals surface area contributed by atoms with Crippen LogP contribution in [0.3, 0.4) is 0 Å². The zero-order valence-electron chi connectivity index (χ0n) is 31.6. The molecule has 0 heterocycles. The molecule has 270 valence electrons. The quantitative estimate of drug-likeness (QED) is 0.0411. The van der Waals surface area contributed by atoms with Gasteiger partial charge >= 0.3 is 0 Å². The van der Waals surface area contributed by atoms with Crippen molar-refractivity contribution in [2.75, 3.05) is 20.6 Å². The maximum absolute atomic E-state index is 10.7. The van der Waals surface area contributed by atoms with Crippen LogP contribution in [0.25, 0.3) is 0 Å². The topological polar surface area (TPSA) is 23.5 Å². The number of rotatable bonds is 36. The summed E-state index contributed by atoms with van der Waals surface area (Å²) in [5, 5.41) is 11.4. The zero-order chi connectivity index (χ0) is 33.6. The average molecular weight is 660 g/mol. The van der Waals surface area contributed by atoms with Gasteiger partial charge in [-0.25, -0.2) is 0 Å². The Balaban J connectivity index is 4.01. The molecule has 1 unspecified atom stereocenters. The first-order chi connectivity index (χ1) is 22.6. The van der Waals surface area contributed by atoms with Crippen LogP contribution in [0.5, 0.6) is 0 Å². The van der Waals surface area contributed by atoms with Crippen molar-refractivity contribution in [3.05, 3.63) is 48.6 Å². The molecule has 0 bridgehead atoms. The van der Waals surface area contributed by atoms with Crippen LogP contribution in [-0.2, 0) is 0 Å². The van der Waals surface area contributed by atoms with Crippen molar-refractivity contribution >= 4 is 11.8 Å². The third-order valence-electron chi connectivity index (χ3n) is 8.86. The summed E-state index contributed by atoms with van der Waals surface area (Å²) in [5.74, 6) is 0. The molecule has 0 aromatic rings. The fraction of sp³-hybridized carbons (Fsp3) is 0.814. The Kier molecular flexibility index (Phi) is 38.0. The monoisotopic (exact) mass is 660 g/mol. The highest BCUT2D eigenvalue weighted by atomic mass is 32.2. The van der Waals surface area contributed by atoms with Crippen molar-refractivity contribution < 1.29 is 5.11 Å². The highest BCUT2D eigenvalue weighted by Gasteiger charge is 2.15. The normalized spacial score (nSPS) is 13.9. The minimum Gasteiger partial charge on any atom is -0.382 e. The van der Waals surface area contributed by atoms with Crippen LogP contribution in [0, 0.1) is 0 Å². The number of allylic oxidation sites excluding steroid dienone is 8. The molecule has 0 aromatic heterocycles. The van der Waals surface area contributed by atoms with Crippen molar-refractivity contribution in [2.24, 2.45) is 0 Å². The van der Waals surface area contributed by atoms with Crippen molar-refractivity contribution in [3.8, 4) is 0 Å². The average Bonchev–Trinajstić information content (AvgIpc) is 3.04. The molecule has 0 saturated heterocycles. The van der Waals surface area contributed by atoms with Gasteiger partial charge in [0.25, 0.3) is 0 Å². The van der Waals surface area contributed by atoms with Gasteiger partial charge in [0.15, 0.2) is 0 Å². The van der Waals surface area contributed by atoms with E-state index in [2.05, 4.69) is 81.5 Å². The molecule has 0 aliphatic heterocycles. The molecule has 0 saturated carbocycles. The van der Waals surface area contributed by atoms with E-state index < -0.39 is 0 Å². The Labute approximate surface area is 294 Å². The van der Waals surface area contributed by atoms with Gasteiger partial charge in [0.05, 0.1) is 5.44 Å². The van der Waals surface area contributed by atoms with E-state index in [1.165, 1.54) is 154 Å². The first-order valence-electron chi connectivity index (χ1n) is 20.2. The number of unbranched alkanes of at least 4 members (excludes halogenated alkanes) is 18. The minimum atomic E-state index is -0.195. The molecule has 0 amide bonds. The number of thioether (sulfide) groups is 1. The Bertz CT molecular complexity index is 649. The number of aliphatic hydroxyl groups excluding tert-OH is 1. The molecular formula is C43H81NOS. The fourth-order valence-electron chi connectivity index (χ4n) is 5.87. The van der Waals surface area contributed by atoms with Gasteiger partial charge in [-0.3, -0.25) is 0 Å². The van der Waals surface area contributed by atoms with Crippen LogP contribution in [-0.4, -0.2) is 41.3 Å². The first-order valence-corrected chi connectivity index (χ1v) is 21.1. The summed E-state index contributed by atoms with van der Waals surface area (Å²) in [6.07, 6.45) is 54.9. The lowest BCUT2D eigenvalue weighted by Gasteiger charge is -2.21. The molecule has 0 spiro atoms.